The summed E-state index contributed by atoms with van der Waals surface area (Å²) in [6.07, 6.45) is 3.07. The molecule has 2 unspecified atom stereocenters. The maximum atomic E-state index is 11.9. The first-order valence-corrected chi connectivity index (χ1v) is 7.29. The SMILES string of the molecule is Cc1ccc(C2(O)CC3CCC(C2)S3=O)nn1. The van der Waals surface area contributed by atoms with E-state index in [1.807, 2.05) is 19.1 Å². The molecule has 2 aliphatic heterocycles. The van der Waals surface area contributed by atoms with Crippen molar-refractivity contribution in [3.63, 3.8) is 0 Å². The summed E-state index contributed by atoms with van der Waals surface area (Å²) in [5.74, 6) is 0. The number of nitrogens with zero attached hydrogens (tertiary/aromatic N) is 2. The molecular formula is C12H16N2O2S. The highest BCUT2D eigenvalue weighted by Crippen LogP contribution is 2.45. The Kier molecular flexibility index (Phi) is 2.56. The predicted molar refractivity (Wildman–Crippen MR) is 64.9 cm³/mol. The van der Waals surface area contributed by atoms with Crippen molar-refractivity contribution in [2.45, 2.75) is 48.7 Å². The van der Waals surface area contributed by atoms with Crippen LogP contribution in [0.3, 0.4) is 0 Å². The van der Waals surface area contributed by atoms with Crippen LogP contribution >= 0.6 is 0 Å². The smallest absolute Gasteiger partial charge is 0.111 e. The summed E-state index contributed by atoms with van der Waals surface area (Å²) in [6, 6.07) is 3.71. The summed E-state index contributed by atoms with van der Waals surface area (Å²) in [5, 5.41) is 19.1. The topological polar surface area (TPSA) is 63.1 Å². The molecule has 17 heavy (non-hydrogen) atoms. The van der Waals surface area contributed by atoms with Crippen molar-refractivity contribution in [2.24, 2.45) is 0 Å². The summed E-state index contributed by atoms with van der Waals surface area (Å²) in [6.45, 7) is 1.88. The van der Waals surface area contributed by atoms with E-state index >= 15 is 0 Å². The third-order valence-corrected chi connectivity index (χ3v) is 5.99. The maximum absolute atomic E-state index is 11.9. The molecule has 2 atom stereocenters. The Morgan fingerprint density at radius 1 is 1.29 bits per heavy atom. The van der Waals surface area contributed by atoms with Gasteiger partial charge in [0.15, 0.2) is 0 Å². The Bertz CT molecular complexity index is 444. The van der Waals surface area contributed by atoms with E-state index in [-0.39, 0.29) is 10.5 Å². The lowest BCUT2D eigenvalue weighted by molar-refractivity contribution is 0.0133. The largest absolute Gasteiger partial charge is 0.383 e. The average Bonchev–Trinajstić information content (AvgIpc) is 2.53. The molecule has 2 aliphatic rings. The summed E-state index contributed by atoms with van der Waals surface area (Å²) in [4.78, 5) is 0. The van der Waals surface area contributed by atoms with Crippen molar-refractivity contribution in [3.05, 3.63) is 23.5 Å². The third-order valence-electron chi connectivity index (χ3n) is 3.87. The van der Waals surface area contributed by atoms with E-state index in [0.29, 0.717) is 18.5 Å². The lowest BCUT2D eigenvalue weighted by Crippen LogP contribution is -2.41. The van der Waals surface area contributed by atoms with Crippen LogP contribution in [-0.4, -0.2) is 30.0 Å². The zero-order valence-corrected chi connectivity index (χ0v) is 10.6. The van der Waals surface area contributed by atoms with Gasteiger partial charge in [-0.3, -0.25) is 4.21 Å². The van der Waals surface area contributed by atoms with Gasteiger partial charge < -0.3 is 5.11 Å². The summed E-state index contributed by atoms with van der Waals surface area (Å²) >= 11 is 0. The molecule has 5 heteroatoms. The van der Waals surface area contributed by atoms with Crippen molar-refractivity contribution in [2.75, 3.05) is 0 Å². The molecule has 3 heterocycles. The Morgan fingerprint density at radius 2 is 1.94 bits per heavy atom. The van der Waals surface area contributed by atoms with Gasteiger partial charge in [-0.05, 0) is 44.7 Å². The molecule has 0 spiro atoms. The number of aryl methyl sites for hydroxylation is 1. The lowest BCUT2D eigenvalue weighted by atomic mass is 9.90. The summed E-state index contributed by atoms with van der Waals surface area (Å²) < 4.78 is 11.9. The molecule has 1 N–H and O–H groups in total. The van der Waals surface area contributed by atoms with Gasteiger partial charge in [0, 0.05) is 21.3 Å². The van der Waals surface area contributed by atoms with Crippen molar-refractivity contribution in [3.8, 4) is 0 Å². The van der Waals surface area contributed by atoms with Crippen LogP contribution in [0.4, 0.5) is 0 Å². The molecule has 0 aliphatic carbocycles. The monoisotopic (exact) mass is 252 g/mol. The highest BCUT2D eigenvalue weighted by Gasteiger charge is 2.49. The lowest BCUT2D eigenvalue weighted by Gasteiger charge is -2.34. The van der Waals surface area contributed by atoms with E-state index in [9.17, 15) is 9.32 Å². The van der Waals surface area contributed by atoms with Crippen LogP contribution < -0.4 is 0 Å². The average molecular weight is 252 g/mol. The van der Waals surface area contributed by atoms with Crippen LogP contribution in [0, 0.1) is 6.92 Å². The highest BCUT2D eigenvalue weighted by atomic mass is 32.2. The minimum atomic E-state index is -0.916. The van der Waals surface area contributed by atoms with Gasteiger partial charge in [-0.25, -0.2) is 0 Å². The molecule has 4 nitrogen and oxygen atoms in total. The molecule has 2 bridgehead atoms. The first kappa shape index (κ1) is 11.3. The van der Waals surface area contributed by atoms with Crippen LogP contribution in [0.2, 0.25) is 0 Å². The number of rotatable bonds is 1. The number of hydrogen-bond acceptors (Lipinski definition) is 4. The molecule has 3 rings (SSSR count). The minimum Gasteiger partial charge on any atom is -0.383 e. The van der Waals surface area contributed by atoms with Gasteiger partial charge in [0.2, 0.25) is 0 Å². The Hall–Kier alpha value is -0.810. The number of hydrogen-bond donors (Lipinski definition) is 1. The third kappa shape index (κ3) is 1.81. The van der Waals surface area contributed by atoms with Crippen LogP contribution in [0.15, 0.2) is 12.1 Å². The van der Waals surface area contributed by atoms with Crippen molar-refractivity contribution in [1.29, 1.82) is 0 Å². The Labute approximate surface area is 103 Å². The van der Waals surface area contributed by atoms with Gasteiger partial charge in [0.1, 0.15) is 5.60 Å². The Morgan fingerprint density at radius 3 is 2.47 bits per heavy atom. The quantitative estimate of drug-likeness (QED) is 0.811. The van der Waals surface area contributed by atoms with Gasteiger partial charge in [-0.15, -0.1) is 0 Å². The van der Waals surface area contributed by atoms with E-state index in [4.69, 9.17) is 0 Å². The molecular weight excluding hydrogens is 236 g/mol. The van der Waals surface area contributed by atoms with Gasteiger partial charge in [-0.1, -0.05) is 0 Å². The molecule has 2 fully saturated rings. The van der Waals surface area contributed by atoms with Crippen molar-refractivity contribution in [1.82, 2.24) is 10.2 Å². The summed E-state index contributed by atoms with van der Waals surface area (Å²) in [5.41, 5.74) is 0.567. The molecule has 1 aromatic rings. The minimum absolute atomic E-state index is 0.141. The fraction of sp³-hybridized carbons (Fsp3) is 0.667. The number of aliphatic hydroxyl groups is 1. The van der Waals surface area contributed by atoms with Crippen LogP contribution in [0.5, 0.6) is 0 Å². The van der Waals surface area contributed by atoms with Crippen LogP contribution in [0.1, 0.15) is 37.1 Å². The standard InChI is InChI=1S/C12H16N2O2S/c1-8-2-5-11(14-13-8)12(15)6-9-3-4-10(7-12)17(9)16/h2,5,9-10,15H,3-4,6-7H2,1H3. The van der Waals surface area contributed by atoms with Gasteiger partial charge >= 0.3 is 0 Å². The maximum Gasteiger partial charge on any atom is 0.111 e. The number of aromatic nitrogens is 2. The highest BCUT2D eigenvalue weighted by molar-refractivity contribution is 7.86. The van der Waals surface area contributed by atoms with E-state index in [2.05, 4.69) is 10.2 Å². The second kappa shape index (κ2) is 3.85. The van der Waals surface area contributed by atoms with Gasteiger partial charge in [-0.2, -0.15) is 10.2 Å². The fourth-order valence-corrected chi connectivity index (χ4v) is 5.10. The molecule has 92 valence electrons. The zero-order chi connectivity index (χ0) is 12.0. The van der Waals surface area contributed by atoms with E-state index in [1.165, 1.54) is 0 Å². The first-order valence-electron chi connectivity index (χ1n) is 6.01. The normalized spacial score (nSPS) is 40.5. The Balaban J connectivity index is 1.92. The summed E-state index contributed by atoms with van der Waals surface area (Å²) in [7, 11) is -0.752. The molecule has 1 aromatic heterocycles. The van der Waals surface area contributed by atoms with Gasteiger partial charge in [0.05, 0.1) is 11.4 Å². The van der Waals surface area contributed by atoms with Gasteiger partial charge in [0.25, 0.3) is 0 Å². The van der Waals surface area contributed by atoms with E-state index < -0.39 is 16.4 Å². The molecule has 0 aromatic carbocycles. The predicted octanol–water partition coefficient (Wildman–Crippen LogP) is 1.05. The van der Waals surface area contributed by atoms with E-state index in [0.717, 1.165) is 18.5 Å². The first-order chi connectivity index (χ1) is 8.08. The molecule has 0 radical (unpaired) electrons. The zero-order valence-electron chi connectivity index (χ0n) is 9.80. The van der Waals surface area contributed by atoms with Crippen molar-refractivity contribution < 1.29 is 9.32 Å². The fourth-order valence-electron chi connectivity index (χ4n) is 2.94. The van der Waals surface area contributed by atoms with Crippen LogP contribution in [0.25, 0.3) is 0 Å². The van der Waals surface area contributed by atoms with Crippen LogP contribution in [-0.2, 0) is 16.4 Å². The second-order valence-electron chi connectivity index (χ2n) is 5.15. The van der Waals surface area contributed by atoms with Crippen molar-refractivity contribution >= 4 is 10.8 Å². The molecule has 2 saturated heterocycles. The molecule has 0 saturated carbocycles. The second-order valence-corrected chi connectivity index (χ2v) is 7.14. The molecule has 0 amide bonds. The number of fused-ring (bicyclic) bond motifs is 2. The van der Waals surface area contributed by atoms with E-state index in [1.54, 1.807) is 0 Å².